The molecule has 2 heterocycles. The summed E-state index contributed by atoms with van der Waals surface area (Å²) in [5, 5.41) is -0.657. The lowest BCUT2D eigenvalue weighted by atomic mass is 9.87. The van der Waals surface area contributed by atoms with Crippen molar-refractivity contribution in [2.75, 3.05) is 37.7 Å². The maximum atomic E-state index is 12.4. The molecule has 8 heteroatoms. The fraction of sp³-hybridized carbons (Fsp3) is 0.929. The number of thioether (sulfide) groups is 1. The first kappa shape index (κ1) is 15.2. The van der Waals surface area contributed by atoms with Crippen molar-refractivity contribution in [3.05, 3.63) is 0 Å². The first-order valence-corrected chi connectivity index (χ1v) is 10.6. The maximum absolute atomic E-state index is 12.4. The molecular formula is C14H21NO5S2. The predicted octanol–water partition coefficient (Wildman–Crippen LogP) is 0.332. The van der Waals surface area contributed by atoms with Crippen LogP contribution in [0.3, 0.4) is 0 Å². The SMILES string of the molecule is O=C(OCCN1CCSCC1)C1C2CC3OS(=O)(=O)C1C3C2. The summed E-state index contributed by atoms with van der Waals surface area (Å²) in [5.74, 6) is 1.53. The van der Waals surface area contributed by atoms with Gasteiger partial charge < -0.3 is 4.74 Å². The summed E-state index contributed by atoms with van der Waals surface area (Å²) in [4.78, 5) is 14.7. The molecule has 0 spiro atoms. The number of nitrogens with zero attached hydrogens (tertiary/aromatic N) is 1. The topological polar surface area (TPSA) is 72.9 Å². The summed E-state index contributed by atoms with van der Waals surface area (Å²) >= 11 is 1.94. The van der Waals surface area contributed by atoms with Crippen LogP contribution in [0.1, 0.15) is 12.8 Å². The van der Waals surface area contributed by atoms with Crippen molar-refractivity contribution in [2.45, 2.75) is 24.2 Å². The van der Waals surface area contributed by atoms with E-state index in [1.165, 1.54) is 0 Å². The van der Waals surface area contributed by atoms with Crippen LogP contribution in [-0.4, -0.2) is 68.4 Å². The number of hydrogen-bond donors (Lipinski definition) is 0. The smallest absolute Gasteiger partial charge is 0.310 e. The number of fused-ring (bicyclic) bond motifs is 1. The summed E-state index contributed by atoms with van der Waals surface area (Å²) in [6, 6.07) is 0. The Morgan fingerprint density at radius 2 is 2.05 bits per heavy atom. The highest BCUT2D eigenvalue weighted by atomic mass is 32.2. The van der Waals surface area contributed by atoms with Crippen LogP contribution in [0, 0.1) is 17.8 Å². The van der Waals surface area contributed by atoms with Crippen LogP contribution in [0.5, 0.6) is 0 Å². The van der Waals surface area contributed by atoms with Gasteiger partial charge in [0.05, 0.1) is 12.0 Å². The van der Waals surface area contributed by atoms with E-state index in [1.54, 1.807) is 0 Å². The van der Waals surface area contributed by atoms with Gasteiger partial charge in [-0.3, -0.25) is 13.9 Å². The average molecular weight is 347 g/mol. The van der Waals surface area contributed by atoms with Gasteiger partial charge >= 0.3 is 5.97 Å². The number of esters is 1. The van der Waals surface area contributed by atoms with E-state index in [2.05, 4.69) is 4.90 Å². The molecule has 2 bridgehead atoms. The highest BCUT2D eigenvalue weighted by Crippen LogP contribution is 2.57. The van der Waals surface area contributed by atoms with Gasteiger partial charge in [0, 0.05) is 37.1 Å². The van der Waals surface area contributed by atoms with Crippen molar-refractivity contribution >= 4 is 27.8 Å². The van der Waals surface area contributed by atoms with E-state index in [1.807, 2.05) is 11.8 Å². The van der Waals surface area contributed by atoms with Crippen LogP contribution >= 0.6 is 11.8 Å². The molecule has 0 radical (unpaired) electrons. The molecule has 5 atom stereocenters. The summed E-state index contributed by atoms with van der Waals surface area (Å²) in [7, 11) is -3.59. The molecule has 2 saturated heterocycles. The van der Waals surface area contributed by atoms with Gasteiger partial charge in [0.1, 0.15) is 11.9 Å². The Morgan fingerprint density at radius 1 is 1.27 bits per heavy atom. The van der Waals surface area contributed by atoms with Crippen LogP contribution in [0.15, 0.2) is 0 Å². The Balaban J connectivity index is 1.35. The molecule has 0 aromatic heterocycles. The molecule has 0 N–H and O–H groups in total. The Kier molecular flexibility index (Phi) is 3.91. The third-order valence-corrected chi connectivity index (χ3v) is 8.26. The van der Waals surface area contributed by atoms with Crippen molar-refractivity contribution in [2.24, 2.45) is 17.8 Å². The number of ether oxygens (including phenoxy) is 1. The third-order valence-electron chi connectivity index (χ3n) is 5.49. The van der Waals surface area contributed by atoms with Gasteiger partial charge in [-0.1, -0.05) is 0 Å². The van der Waals surface area contributed by atoms with Gasteiger partial charge in [0.25, 0.3) is 10.1 Å². The Morgan fingerprint density at radius 3 is 2.82 bits per heavy atom. The minimum atomic E-state index is -3.59. The van der Waals surface area contributed by atoms with Gasteiger partial charge in [-0.05, 0) is 18.8 Å². The van der Waals surface area contributed by atoms with E-state index in [4.69, 9.17) is 8.92 Å². The van der Waals surface area contributed by atoms with E-state index in [0.29, 0.717) is 13.0 Å². The largest absolute Gasteiger partial charge is 0.464 e. The second-order valence-electron chi connectivity index (χ2n) is 6.63. The van der Waals surface area contributed by atoms with E-state index in [-0.39, 0.29) is 23.9 Å². The first-order valence-electron chi connectivity index (χ1n) is 7.95. The zero-order valence-corrected chi connectivity index (χ0v) is 14.0. The van der Waals surface area contributed by atoms with E-state index in [9.17, 15) is 13.2 Å². The number of hydrogen-bond acceptors (Lipinski definition) is 7. The fourth-order valence-corrected chi connectivity index (χ4v) is 7.59. The van der Waals surface area contributed by atoms with E-state index < -0.39 is 21.3 Å². The Hall–Kier alpha value is -0.310. The standard InChI is InChI=1S/C14H21NO5S2/c16-14(19-4-1-15-2-5-21-6-3-15)12-9-7-10-11(8-9)20-22(17,18)13(10)12/h9-13H,1-8H2. The summed E-state index contributed by atoms with van der Waals surface area (Å²) in [5.41, 5.74) is 0. The monoisotopic (exact) mass is 347 g/mol. The number of carbonyl (C=O) groups excluding carboxylic acids is 1. The molecule has 2 aliphatic carbocycles. The van der Waals surface area contributed by atoms with Crippen LogP contribution in [0.25, 0.3) is 0 Å². The Labute approximate surface area is 135 Å². The van der Waals surface area contributed by atoms with Gasteiger partial charge in [0.2, 0.25) is 0 Å². The van der Waals surface area contributed by atoms with Gasteiger partial charge in [-0.15, -0.1) is 0 Å². The molecular weight excluding hydrogens is 326 g/mol. The summed E-state index contributed by atoms with van der Waals surface area (Å²) in [6.45, 7) is 3.16. The van der Waals surface area contributed by atoms with Gasteiger partial charge in [-0.2, -0.15) is 20.2 Å². The van der Waals surface area contributed by atoms with Crippen LogP contribution in [0.2, 0.25) is 0 Å². The molecule has 0 aromatic carbocycles. The second-order valence-corrected chi connectivity index (χ2v) is 9.58. The number of carbonyl (C=O) groups is 1. The van der Waals surface area contributed by atoms with Crippen molar-refractivity contribution in [1.29, 1.82) is 0 Å². The summed E-state index contributed by atoms with van der Waals surface area (Å²) < 4.78 is 34.7. The van der Waals surface area contributed by atoms with Crippen LogP contribution in [0.4, 0.5) is 0 Å². The molecule has 4 fully saturated rings. The highest BCUT2D eigenvalue weighted by Gasteiger charge is 2.66. The zero-order valence-electron chi connectivity index (χ0n) is 12.3. The van der Waals surface area contributed by atoms with Crippen LogP contribution < -0.4 is 0 Å². The highest BCUT2D eigenvalue weighted by molar-refractivity contribution is 7.99. The zero-order chi connectivity index (χ0) is 15.3. The molecule has 0 amide bonds. The summed E-state index contributed by atoms with van der Waals surface area (Å²) in [6.07, 6.45) is 1.29. The number of rotatable bonds is 4. The lowest BCUT2D eigenvalue weighted by Gasteiger charge is -2.27. The van der Waals surface area contributed by atoms with Crippen molar-refractivity contribution in [1.82, 2.24) is 4.90 Å². The lowest BCUT2D eigenvalue weighted by Crippen LogP contribution is -2.39. The molecule has 22 heavy (non-hydrogen) atoms. The molecule has 5 unspecified atom stereocenters. The molecule has 6 nitrogen and oxygen atoms in total. The molecule has 0 aromatic rings. The van der Waals surface area contributed by atoms with Gasteiger partial charge in [-0.25, -0.2) is 0 Å². The van der Waals surface area contributed by atoms with Crippen LogP contribution in [-0.2, 0) is 23.8 Å². The fourth-order valence-electron chi connectivity index (χ4n) is 4.51. The van der Waals surface area contributed by atoms with Crippen molar-refractivity contribution in [3.8, 4) is 0 Å². The van der Waals surface area contributed by atoms with E-state index >= 15 is 0 Å². The normalized spacial score (nSPS) is 42.6. The molecule has 2 saturated carbocycles. The predicted molar refractivity (Wildman–Crippen MR) is 82.0 cm³/mol. The quantitative estimate of drug-likeness (QED) is 0.536. The maximum Gasteiger partial charge on any atom is 0.310 e. The van der Waals surface area contributed by atoms with Crippen molar-refractivity contribution < 1.29 is 22.1 Å². The lowest BCUT2D eigenvalue weighted by molar-refractivity contribution is -0.150. The third kappa shape index (κ3) is 2.48. The molecule has 4 rings (SSSR count). The minimum Gasteiger partial charge on any atom is -0.464 e. The second kappa shape index (κ2) is 5.65. The van der Waals surface area contributed by atoms with Gasteiger partial charge in [0.15, 0.2) is 0 Å². The molecule has 124 valence electrons. The molecule has 2 aliphatic heterocycles. The Bertz CT molecular complexity index is 558. The first-order chi connectivity index (χ1) is 10.6. The average Bonchev–Trinajstić information content (AvgIpc) is 3.08. The van der Waals surface area contributed by atoms with E-state index in [0.717, 1.165) is 37.6 Å². The minimum absolute atomic E-state index is 0.00618. The molecule has 4 aliphatic rings. The van der Waals surface area contributed by atoms with Crippen molar-refractivity contribution in [3.63, 3.8) is 0 Å².